The van der Waals surface area contributed by atoms with Crippen molar-refractivity contribution in [2.45, 2.75) is 13.8 Å². The lowest BCUT2D eigenvalue weighted by atomic mass is 10.2. The molecular weight excluding hydrogens is 303 g/mol. The van der Waals surface area contributed by atoms with E-state index in [0.29, 0.717) is 11.6 Å². The average Bonchev–Trinajstić information content (AvgIpc) is 2.37. The third-order valence-corrected chi connectivity index (χ3v) is 2.55. The Hall–Kier alpha value is -1.52. The second-order valence-corrected chi connectivity index (χ2v) is 5.20. The second-order valence-electron chi connectivity index (χ2n) is 4.35. The van der Waals surface area contributed by atoms with E-state index < -0.39 is 11.9 Å². The van der Waals surface area contributed by atoms with Crippen molar-refractivity contribution >= 4 is 35.1 Å². The second kappa shape index (κ2) is 7.92. The van der Waals surface area contributed by atoms with Crippen LogP contribution in [0.25, 0.3) is 0 Å². The van der Waals surface area contributed by atoms with E-state index in [1.54, 1.807) is 0 Å². The maximum Gasteiger partial charge on any atom is 0.336 e. The first kappa shape index (κ1) is 16.5. The fourth-order valence-corrected chi connectivity index (χ4v) is 1.58. The summed E-state index contributed by atoms with van der Waals surface area (Å²) in [6.45, 7) is 4.11. The molecule has 108 valence electrons. The number of carbonyl (C=O) groups is 2. The zero-order chi connectivity index (χ0) is 15.1. The summed E-state index contributed by atoms with van der Waals surface area (Å²) in [5.74, 6) is -0.929. The molecule has 1 rings (SSSR count). The van der Waals surface area contributed by atoms with Crippen LogP contribution in [-0.4, -0.2) is 18.5 Å². The van der Waals surface area contributed by atoms with E-state index in [1.807, 2.05) is 13.8 Å². The minimum Gasteiger partial charge on any atom is -0.462 e. The standard InChI is InChI=1S/C14H14Cl2O4/c1-9(2)8-19-13(17)5-6-14(18)20-12-4-3-10(15)7-11(12)16/h3-7,9H,8H2,1-2H3/b6-5+. The van der Waals surface area contributed by atoms with Gasteiger partial charge in [-0.2, -0.15) is 0 Å². The van der Waals surface area contributed by atoms with Crippen LogP contribution in [0.15, 0.2) is 30.4 Å². The summed E-state index contributed by atoms with van der Waals surface area (Å²) in [5, 5.41) is 0.643. The molecule has 0 bridgehead atoms. The molecule has 6 heteroatoms. The van der Waals surface area contributed by atoms with Crippen molar-refractivity contribution in [1.82, 2.24) is 0 Å². The van der Waals surface area contributed by atoms with Crippen LogP contribution in [0, 0.1) is 5.92 Å². The van der Waals surface area contributed by atoms with E-state index in [2.05, 4.69) is 0 Å². The van der Waals surface area contributed by atoms with Crippen LogP contribution in [-0.2, 0) is 14.3 Å². The summed E-state index contributed by atoms with van der Waals surface area (Å²) in [4.78, 5) is 22.7. The lowest BCUT2D eigenvalue weighted by Crippen LogP contribution is -2.09. The van der Waals surface area contributed by atoms with Gasteiger partial charge in [0.05, 0.1) is 11.6 Å². The summed E-state index contributed by atoms with van der Waals surface area (Å²) in [6.07, 6.45) is 1.99. The van der Waals surface area contributed by atoms with Crippen molar-refractivity contribution in [3.05, 3.63) is 40.4 Å². The highest BCUT2D eigenvalue weighted by atomic mass is 35.5. The summed E-state index contributed by atoms with van der Waals surface area (Å²) in [5.41, 5.74) is 0. The number of benzene rings is 1. The van der Waals surface area contributed by atoms with Gasteiger partial charge < -0.3 is 9.47 Å². The summed E-state index contributed by atoms with van der Waals surface area (Å²) >= 11 is 11.6. The number of carbonyl (C=O) groups excluding carboxylic acids is 2. The Balaban J connectivity index is 2.53. The number of hydrogen-bond acceptors (Lipinski definition) is 4. The van der Waals surface area contributed by atoms with Crippen molar-refractivity contribution in [3.8, 4) is 5.75 Å². The number of esters is 2. The molecule has 0 aromatic heterocycles. The monoisotopic (exact) mass is 316 g/mol. The maximum atomic E-state index is 11.5. The number of halogens is 2. The molecule has 20 heavy (non-hydrogen) atoms. The van der Waals surface area contributed by atoms with Crippen molar-refractivity contribution in [3.63, 3.8) is 0 Å². The first-order valence-corrected chi connectivity index (χ1v) is 6.65. The first-order valence-electron chi connectivity index (χ1n) is 5.90. The van der Waals surface area contributed by atoms with Gasteiger partial charge in [-0.25, -0.2) is 9.59 Å². The zero-order valence-corrected chi connectivity index (χ0v) is 12.6. The molecule has 0 heterocycles. The summed E-state index contributed by atoms with van der Waals surface area (Å²) in [6, 6.07) is 4.45. The molecule has 0 spiro atoms. The predicted molar refractivity (Wildman–Crippen MR) is 77.0 cm³/mol. The summed E-state index contributed by atoms with van der Waals surface area (Å²) < 4.78 is 9.82. The normalized spacial score (nSPS) is 10.8. The Morgan fingerprint density at radius 1 is 1.20 bits per heavy atom. The minimum absolute atomic E-state index is 0.168. The molecule has 0 aliphatic rings. The van der Waals surface area contributed by atoms with Crippen molar-refractivity contribution in [2.24, 2.45) is 5.92 Å². The molecular formula is C14H14Cl2O4. The Labute approximate surface area is 127 Å². The maximum absolute atomic E-state index is 11.5. The highest BCUT2D eigenvalue weighted by molar-refractivity contribution is 6.35. The quantitative estimate of drug-likeness (QED) is 0.472. The van der Waals surface area contributed by atoms with E-state index >= 15 is 0 Å². The van der Waals surface area contributed by atoms with Gasteiger partial charge in [0.15, 0.2) is 0 Å². The minimum atomic E-state index is -0.726. The Morgan fingerprint density at radius 2 is 1.85 bits per heavy atom. The predicted octanol–water partition coefficient (Wildman–Crippen LogP) is 3.65. The number of ether oxygens (including phenoxy) is 2. The lowest BCUT2D eigenvalue weighted by Gasteiger charge is -2.05. The molecule has 0 unspecified atom stereocenters. The molecule has 0 N–H and O–H groups in total. The largest absolute Gasteiger partial charge is 0.462 e. The van der Waals surface area contributed by atoms with Gasteiger partial charge in [-0.1, -0.05) is 37.0 Å². The zero-order valence-electron chi connectivity index (χ0n) is 11.1. The van der Waals surface area contributed by atoms with E-state index in [9.17, 15) is 9.59 Å². The lowest BCUT2D eigenvalue weighted by molar-refractivity contribution is -0.139. The van der Waals surface area contributed by atoms with Crippen molar-refractivity contribution in [1.29, 1.82) is 0 Å². The van der Waals surface area contributed by atoms with Gasteiger partial charge in [0.25, 0.3) is 0 Å². The Morgan fingerprint density at radius 3 is 2.45 bits per heavy atom. The molecule has 0 amide bonds. The van der Waals surface area contributed by atoms with Crippen molar-refractivity contribution in [2.75, 3.05) is 6.61 Å². The van der Waals surface area contributed by atoms with Crippen molar-refractivity contribution < 1.29 is 19.1 Å². The fourth-order valence-electron chi connectivity index (χ4n) is 1.13. The summed E-state index contributed by atoms with van der Waals surface area (Å²) in [7, 11) is 0. The van der Waals surface area contributed by atoms with Gasteiger partial charge in [-0.15, -0.1) is 0 Å². The topological polar surface area (TPSA) is 52.6 Å². The Bertz CT molecular complexity index is 524. The Kier molecular flexibility index (Phi) is 6.55. The molecule has 4 nitrogen and oxygen atoms in total. The molecule has 1 aromatic carbocycles. The van der Waals surface area contributed by atoms with Crippen LogP contribution < -0.4 is 4.74 Å². The molecule has 0 atom stereocenters. The average molecular weight is 317 g/mol. The molecule has 0 saturated carbocycles. The third kappa shape index (κ3) is 6.08. The number of rotatable bonds is 5. The van der Waals surface area contributed by atoms with Gasteiger partial charge >= 0.3 is 11.9 Å². The smallest absolute Gasteiger partial charge is 0.336 e. The van der Waals surface area contributed by atoms with E-state index in [4.69, 9.17) is 32.7 Å². The van der Waals surface area contributed by atoms with Gasteiger partial charge in [-0.3, -0.25) is 0 Å². The highest BCUT2D eigenvalue weighted by Gasteiger charge is 2.07. The van der Waals surface area contributed by atoms with Crippen LogP contribution in [0.2, 0.25) is 10.0 Å². The molecule has 1 aromatic rings. The highest BCUT2D eigenvalue weighted by Crippen LogP contribution is 2.27. The van der Waals surface area contributed by atoms with Crippen LogP contribution in [0.5, 0.6) is 5.75 Å². The molecule has 0 aliphatic carbocycles. The van der Waals surface area contributed by atoms with E-state index in [-0.39, 0.29) is 16.7 Å². The van der Waals surface area contributed by atoms with Crippen LogP contribution >= 0.6 is 23.2 Å². The molecule has 0 aliphatic heterocycles. The van der Waals surface area contributed by atoms with Crippen LogP contribution in [0.3, 0.4) is 0 Å². The molecule has 0 saturated heterocycles. The van der Waals surface area contributed by atoms with Gasteiger partial charge in [0.2, 0.25) is 0 Å². The van der Waals surface area contributed by atoms with E-state index in [1.165, 1.54) is 18.2 Å². The number of hydrogen-bond donors (Lipinski definition) is 0. The fraction of sp³-hybridized carbons (Fsp3) is 0.286. The van der Waals surface area contributed by atoms with Gasteiger partial charge in [0, 0.05) is 17.2 Å². The van der Waals surface area contributed by atoms with Crippen LogP contribution in [0.4, 0.5) is 0 Å². The third-order valence-electron chi connectivity index (χ3n) is 2.02. The van der Waals surface area contributed by atoms with Crippen LogP contribution in [0.1, 0.15) is 13.8 Å². The SMILES string of the molecule is CC(C)COC(=O)/C=C/C(=O)Oc1ccc(Cl)cc1Cl. The molecule has 0 radical (unpaired) electrons. The van der Waals surface area contributed by atoms with E-state index in [0.717, 1.165) is 12.2 Å². The van der Waals surface area contributed by atoms with Gasteiger partial charge in [-0.05, 0) is 24.1 Å². The first-order chi connectivity index (χ1) is 9.38. The molecule has 0 fully saturated rings. The van der Waals surface area contributed by atoms with Gasteiger partial charge in [0.1, 0.15) is 5.75 Å².